The molecule has 0 fully saturated rings. The van der Waals surface area contributed by atoms with E-state index in [0.29, 0.717) is 57.4 Å². The van der Waals surface area contributed by atoms with Crippen LogP contribution in [0.3, 0.4) is 0 Å². The summed E-state index contributed by atoms with van der Waals surface area (Å²) in [5.74, 6) is 1.85. The Balaban J connectivity index is 1.44. The first-order valence-corrected chi connectivity index (χ1v) is 15.1. The Labute approximate surface area is 267 Å². The van der Waals surface area contributed by atoms with Crippen molar-refractivity contribution in [2.75, 3.05) is 6.61 Å². The molecular formula is C35H27BrClN3O4. The minimum Gasteiger partial charge on any atom is -0.490 e. The predicted molar refractivity (Wildman–Crippen MR) is 179 cm³/mol. The fraction of sp³-hybridized carbons (Fsp3) is 0.114. The zero-order chi connectivity index (χ0) is 30.6. The number of halogens is 2. The Bertz CT molecular complexity index is 2100. The third-order valence-corrected chi connectivity index (χ3v) is 7.78. The highest BCUT2D eigenvalue weighted by Gasteiger charge is 2.18. The summed E-state index contributed by atoms with van der Waals surface area (Å²) in [5.41, 5.74) is 3.32. The van der Waals surface area contributed by atoms with Crippen LogP contribution in [0.15, 0.2) is 116 Å². The zero-order valence-corrected chi connectivity index (χ0v) is 26.1. The van der Waals surface area contributed by atoms with Crippen molar-refractivity contribution in [3.63, 3.8) is 0 Å². The highest BCUT2D eigenvalue weighted by molar-refractivity contribution is 9.10. The van der Waals surface area contributed by atoms with Gasteiger partial charge in [0.1, 0.15) is 12.2 Å². The standard InChI is InChI=1S/C35H27BrClN3O4/c1-3-9-23-16-22(17-31(42-4-2)33(23)43-21-24-10-5-7-12-28(24)37)20-38-40-34(39-29-13-8-6-11-27(29)35(40)41)32-19-25-18-26(36)14-15-30(25)44-32/h3,5-8,10-20H,1,4,9,21H2,2H3. The van der Waals surface area contributed by atoms with Crippen LogP contribution in [-0.4, -0.2) is 22.5 Å². The van der Waals surface area contributed by atoms with E-state index in [2.05, 4.69) is 27.6 Å². The number of fused-ring (bicyclic) bond motifs is 2. The van der Waals surface area contributed by atoms with Crippen molar-refractivity contribution in [3.05, 3.63) is 134 Å². The average Bonchev–Trinajstić information content (AvgIpc) is 3.44. The van der Waals surface area contributed by atoms with Crippen LogP contribution in [-0.2, 0) is 13.0 Å². The van der Waals surface area contributed by atoms with Crippen molar-refractivity contribution < 1.29 is 13.9 Å². The molecule has 0 spiro atoms. The Hall–Kier alpha value is -4.66. The minimum atomic E-state index is -0.320. The van der Waals surface area contributed by atoms with Crippen molar-refractivity contribution in [2.45, 2.75) is 20.0 Å². The van der Waals surface area contributed by atoms with Gasteiger partial charge in [0.25, 0.3) is 5.56 Å². The Kier molecular flexibility index (Phi) is 8.63. The van der Waals surface area contributed by atoms with Crippen LogP contribution in [0.4, 0.5) is 0 Å². The van der Waals surface area contributed by atoms with E-state index in [9.17, 15) is 4.79 Å². The number of para-hydroxylation sites is 1. The Morgan fingerprint density at radius 2 is 1.84 bits per heavy atom. The number of hydrogen-bond acceptors (Lipinski definition) is 6. The first-order valence-electron chi connectivity index (χ1n) is 14.0. The first-order chi connectivity index (χ1) is 21.4. The second-order valence-corrected chi connectivity index (χ2v) is 11.2. The monoisotopic (exact) mass is 667 g/mol. The third kappa shape index (κ3) is 6.04. The molecule has 0 aliphatic heterocycles. The zero-order valence-electron chi connectivity index (χ0n) is 23.8. The Morgan fingerprint density at radius 3 is 2.66 bits per heavy atom. The van der Waals surface area contributed by atoms with E-state index >= 15 is 0 Å². The van der Waals surface area contributed by atoms with Crippen molar-refractivity contribution in [1.82, 2.24) is 9.66 Å². The molecule has 9 heteroatoms. The van der Waals surface area contributed by atoms with E-state index in [1.165, 1.54) is 4.68 Å². The van der Waals surface area contributed by atoms with E-state index in [4.69, 9.17) is 30.5 Å². The van der Waals surface area contributed by atoms with Crippen LogP contribution < -0.4 is 15.0 Å². The molecule has 4 aromatic carbocycles. The maximum absolute atomic E-state index is 13.7. The summed E-state index contributed by atoms with van der Waals surface area (Å²) in [6.07, 6.45) is 3.93. The van der Waals surface area contributed by atoms with E-state index in [1.54, 1.807) is 30.5 Å². The largest absolute Gasteiger partial charge is 0.490 e. The molecule has 0 unspecified atom stereocenters. The Morgan fingerprint density at radius 1 is 1.02 bits per heavy atom. The summed E-state index contributed by atoms with van der Waals surface area (Å²) >= 11 is 9.87. The van der Waals surface area contributed by atoms with Crippen LogP contribution in [0.1, 0.15) is 23.6 Å². The van der Waals surface area contributed by atoms with E-state index < -0.39 is 0 Å². The number of hydrogen-bond donors (Lipinski definition) is 0. The number of benzene rings is 4. The number of allylic oxidation sites excluding steroid dienone is 1. The molecule has 0 amide bonds. The third-order valence-electron chi connectivity index (χ3n) is 6.92. The maximum atomic E-state index is 13.7. The van der Waals surface area contributed by atoms with E-state index in [0.717, 1.165) is 21.0 Å². The molecule has 0 saturated heterocycles. The summed E-state index contributed by atoms with van der Waals surface area (Å²) < 4.78 is 20.6. The van der Waals surface area contributed by atoms with Crippen molar-refractivity contribution in [1.29, 1.82) is 0 Å². The van der Waals surface area contributed by atoms with Gasteiger partial charge in [-0.25, -0.2) is 4.98 Å². The lowest BCUT2D eigenvalue weighted by molar-refractivity contribution is 0.267. The van der Waals surface area contributed by atoms with Gasteiger partial charge in [-0.1, -0.05) is 63.9 Å². The molecule has 44 heavy (non-hydrogen) atoms. The van der Waals surface area contributed by atoms with Gasteiger partial charge >= 0.3 is 0 Å². The number of rotatable bonds is 10. The summed E-state index contributed by atoms with van der Waals surface area (Å²) in [6.45, 7) is 6.52. The summed E-state index contributed by atoms with van der Waals surface area (Å²) in [4.78, 5) is 18.5. The molecule has 0 atom stereocenters. The van der Waals surface area contributed by atoms with Gasteiger partial charge in [0.05, 0.1) is 23.7 Å². The molecule has 7 nitrogen and oxygen atoms in total. The number of nitrogens with zero attached hydrogens (tertiary/aromatic N) is 3. The molecule has 220 valence electrons. The SMILES string of the molecule is C=CCc1cc(C=Nn2c(-c3cc4cc(Br)ccc4o3)nc3ccccc3c2=O)cc(OCC)c1OCc1ccccc1Cl. The minimum absolute atomic E-state index is 0.271. The molecule has 0 saturated carbocycles. The first kappa shape index (κ1) is 29.4. The van der Waals surface area contributed by atoms with Gasteiger partial charge in [-0.15, -0.1) is 6.58 Å². The summed E-state index contributed by atoms with van der Waals surface area (Å²) in [7, 11) is 0. The fourth-order valence-electron chi connectivity index (χ4n) is 4.90. The second kappa shape index (κ2) is 12.9. The van der Waals surface area contributed by atoms with Crippen molar-refractivity contribution >= 4 is 55.6 Å². The predicted octanol–water partition coefficient (Wildman–Crippen LogP) is 8.81. The molecule has 0 aliphatic carbocycles. The molecule has 0 aliphatic rings. The van der Waals surface area contributed by atoms with Gasteiger partial charge < -0.3 is 13.9 Å². The normalized spacial score (nSPS) is 11.4. The van der Waals surface area contributed by atoms with Crippen molar-refractivity contribution in [2.24, 2.45) is 5.10 Å². The van der Waals surface area contributed by atoms with Crippen LogP contribution in [0.25, 0.3) is 33.5 Å². The quantitative estimate of drug-likeness (QED) is 0.108. The highest BCUT2D eigenvalue weighted by atomic mass is 79.9. The lowest BCUT2D eigenvalue weighted by atomic mass is 10.1. The van der Waals surface area contributed by atoms with Crippen LogP contribution in [0, 0.1) is 0 Å². The second-order valence-electron chi connectivity index (χ2n) is 9.92. The lowest BCUT2D eigenvalue weighted by Crippen LogP contribution is -2.20. The van der Waals surface area contributed by atoms with Crippen LogP contribution in [0.2, 0.25) is 5.02 Å². The smallest absolute Gasteiger partial charge is 0.282 e. The molecule has 2 heterocycles. The van der Waals surface area contributed by atoms with Gasteiger partial charge in [0.15, 0.2) is 17.3 Å². The maximum Gasteiger partial charge on any atom is 0.282 e. The molecular weight excluding hydrogens is 642 g/mol. The fourth-order valence-corrected chi connectivity index (χ4v) is 5.47. The van der Waals surface area contributed by atoms with Gasteiger partial charge in [0, 0.05) is 26.0 Å². The number of furan rings is 1. The molecule has 6 aromatic rings. The average molecular weight is 669 g/mol. The van der Waals surface area contributed by atoms with Gasteiger partial charge in [0.2, 0.25) is 5.82 Å². The van der Waals surface area contributed by atoms with Gasteiger partial charge in [-0.05, 0) is 73.5 Å². The summed E-state index contributed by atoms with van der Waals surface area (Å²) in [6, 6.07) is 26.0. The van der Waals surface area contributed by atoms with Crippen LogP contribution >= 0.6 is 27.5 Å². The van der Waals surface area contributed by atoms with Crippen molar-refractivity contribution in [3.8, 4) is 23.1 Å². The topological polar surface area (TPSA) is 78.9 Å². The van der Waals surface area contributed by atoms with Crippen LogP contribution in [0.5, 0.6) is 11.5 Å². The van der Waals surface area contributed by atoms with E-state index in [-0.39, 0.29) is 18.0 Å². The van der Waals surface area contributed by atoms with E-state index in [1.807, 2.05) is 73.7 Å². The molecule has 0 N–H and O–H groups in total. The lowest BCUT2D eigenvalue weighted by Gasteiger charge is -2.17. The van der Waals surface area contributed by atoms with Gasteiger partial charge in [-0.2, -0.15) is 9.78 Å². The molecule has 0 radical (unpaired) electrons. The molecule has 6 rings (SSSR count). The number of ether oxygens (including phenoxy) is 2. The van der Waals surface area contributed by atoms with Gasteiger partial charge in [-0.3, -0.25) is 4.79 Å². The number of aromatic nitrogens is 2. The molecule has 0 bridgehead atoms. The summed E-state index contributed by atoms with van der Waals surface area (Å²) in [5, 5.41) is 6.57. The molecule has 2 aromatic heterocycles. The highest BCUT2D eigenvalue weighted by Crippen LogP contribution is 2.35.